The molecule has 0 fully saturated rings. The van der Waals surface area contributed by atoms with Gasteiger partial charge in [-0.25, -0.2) is 0 Å². The van der Waals surface area contributed by atoms with Gasteiger partial charge in [-0.15, -0.1) is 0 Å². The molecule has 94 valence electrons. The third kappa shape index (κ3) is 4.30. The molecule has 0 aliphatic carbocycles. The molecule has 0 radical (unpaired) electrons. The molecular formula is C11H12BrF2NO2. The summed E-state index contributed by atoms with van der Waals surface area (Å²) in [7, 11) is 1.67. The summed E-state index contributed by atoms with van der Waals surface area (Å²) in [5.74, 6) is -0.118. The summed E-state index contributed by atoms with van der Waals surface area (Å²) in [6.07, 6.45) is 0. The Morgan fingerprint density at radius 2 is 2.00 bits per heavy atom. The Bertz CT molecular complexity index is 370. The van der Waals surface area contributed by atoms with Gasteiger partial charge in [0.25, 0.3) is 5.91 Å². The topological polar surface area (TPSA) is 29.5 Å². The van der Waals surface area contributed by atoms with Gasteiger partial charge >= 0.3 is 6.61 Å². The Hall–Kier alpha value is -1.17. The first-order valence-corrected chi connectivity index (χ1v) is 6.03. The highest BCUT2D eigenvalue weighted by Crippen LogP contribution is 2.15. The van der Waals surface area contributed by atoms with Gasteiger partial charge < -0.3 is 9.64 Å². The number of hydrogen-bond donors (Lipinski definition) is 0. The number of amides is 1. The van der Waals surface area contributed by atoms with Gasteiger partial charge in [0.2, 0.25) is 0 Å². The van der Waals surface area contributed by atoms with Crippen LogP contribution in [0.3, 0.4) is 0 Å². The molecule has 1 rings (SSSR count). The molecule has 0 aliphatic heterocycles. The van der Waals surface area contributed by atoms with Gasteiger partial charge in [0.05, 0.1) is 0 Å². The number of hydrogen-bond acceptors (Lipinski definition) is 2. The Morgan fingerprint density at radius 3 is 2.47 bits per heavy atom. The van der Waals surface area contributed by atoms with Crippen molar-refractivity contribution >= 4 is 21.8 Å². The Labute approximate surface area is 106 Å². The molecule has 0 bridgehead atoms. The summed E-state index contributed by atoms with van der Waals surface area (Å²) in [6, 6.07) is 5.62. The minimum Gasteiger partial charge on any atom is -0.435 e. The normalized spacial score (nSPS) is 10.4. The Morgan fingerprint density at radius 1 is 1.41 bits per heavy atom. The first kappa shape index (κ1) is 13.9. The second-order valence-corrected chi connectivity index (χ2v) is 4.11. The number of carbonyl (C=O) groups is 1. The Balaban J connectivity index is 2.70. The maximum Gasteiger partial charge on any atom is 0.387 e. The molecular weight excluding hydrogens is 296 g/mol. The van der Waals surface area contributed by atoms with Crippen molar-refractivity contribution in [2.75, 3.05) is 18.9 Å². The number of carbonyl (C=O) groups excluding carboxylic acids is 1. The minimum atomic E-state index is -2.85. The monoisotopic (exact) mass is 307 g/mol. The van der Waals surface area contributed by atoms with E-state index in [4.69, 9.17) is 0 Å². The van der Waals surface area contributed by atoms with E-state index in [0.717, 1.165) is 0 Å². The maximum absolute atomic E-state index is 11.9. The van der Waals surface area contributed by atoms with Gasteiger partial charge in [-0.1, -0.05) is 15.9 Å². The van der Waals surface area contributed by atoms with Gasteiger partial charge in [0, 0.05) is 24.5 Å². The molecule has 0 atom stereocenters. The molecule has 6 heteroatoms. The maximum atomic E-state index is 11.9. The van der Waals surface area contributed by atoms with Crippen LogP contribution in [0.25, 0.3) is 0 Å². The minimum absolute atomic E-state index is 0.0414. The molecule has 1 amide bonds. The summed E-state index contributed by atoms with van der Waals surface area (Å²) >= 11 is 3.23. The molecule has 0 heterocycles. The smallest absolute Gasteiger partial charge is 0.387 e. The van der Waals surface area contributed by atoms with Crippen molar-refractivity contribution < 1.29 is 18.3 Å². The molecule has 0 saturated carbocycles. The lowest BCUT2D eigenvalue weighted by Crippen LogP contribution is -2.28. The predicted molar refractivity (Wildman–Crippen MR) is 63.8 cm³/mol. The zero-order valence-electron chi connectivity index (χ0n) is 9.20. The van der Waals surface area contributed by atoms with E-state index in [-0.39, 0.29) is 11.7 Å². The standard InChI is InChI=1S/C11H12BrF2NO2/c1-15(7-6-12)10(16)8-2-4-9(5-3-8)17-11(13)14/h2-5,11H,6-7H2,1H3. The van der Waals surface area contributed by atoms with Gasteiger partial charge in [0.15, 0.2) is 0 Å². The van der Waals surface area contributed by atoms with Gasteiger partial charge in [-0.3, -0.25) is 4.79 Å². The lowest BCUT2D eigenvalue weighted by Gasteiger charge is -2.15. The van der Waals surface area contributed by atoms with E-state index in [1.807, 2.05) is 0 Å². The first-order valence-electron chi connectivity index (χ1n) is 4.91. The second kappa shape index (κ2) is 6.54. The number of alkyl halides is 3. The molecule has 0 aromatic heterocycles. The van der Waals surface area contributed by atoms with Crippen LogP contribution < -0.4 is 4.74 Å². The van der Waals surface area contributed by atoms with Gasteiger partial charge in [-0.2, -0.15) is 8.78 Å². The van der Waals surface area contributed by atoms with E-state index >= 15 is 0 Å². The first-order chi connectivity index (χ1) is 8.04. The lowest BCUT2D eigenvalue weighted by molar-refractivity contribution is -0.0498. The number of nitrogens with zero attached hydrogens (tertiary/aromatic N) is 1. The fourth-order valence-corrected chi connectivity index (χ4v) is 1.76. The van der Waals surface area contributed by atoms with Crippen molar-refractivity contribution in [3.05, 3.63) is 29.8 Å². The van der Waals surface area contributed by atoms with E-state index in [1.165, 1.54) is 29.2 Å². The molecule has 0 N–H and O–H groups in total. The van der Waals surface area contributed by atoms with Crippen molar-refractivity contribution in [2.24, 2.45) is 0 Å². The molecule has 0 aliphatic rings. The highest BCUT2D eigenvalue weighted by molar-refractivity contribution is 9.09. The SMILES string of the molecule is CN(CCBr)C(=O)c1ccc(OC(F)F)cc1. The van der Waals surface area contributed by atoms with Crippen LogP contribution in [-0.2, 0) is 0 Å². The van der Waals surface area contributed by atoms with E-state index in [2.05, 4.69) is 20.7 Å². The van der Waals surface area contributed by atoms with Crippen molar-refractivity contribution in [3.63, 3.8) is 0 Å². The van der Waals surface area contributed by atoms with Gasteiger partial charge in [0.1, 0.15) is 5.75 Å². The average Bonchev–Trinajstić information content (AvgIpc) is 2.28. The summed E-state index contributed by atoms with van der Waals surface area (Å²) in [6.45, 7) is -2.28. The number of ether oxygens (including phenoxy) is 1. The van der Waals surface area contributed by atoms with Gasteiger partial charge in [-0.05, 0) is 24.3 Å². The molecule has 3 nitrogen and oxygen atoms in total. The summed E-state index contributed by atoms with van der Waals surface area (Å²) in [4.78, 5) is 13.3. The summed E-state index contributed by atoms with van der Waals surface area (Å²) in [5, 5.41) is 0.682. The van der Waals surface area contributed by atoms with Crippen molar-refractivity contribution in [1.29, 1.82) is 0 Å². The van der Waals surface area contributed by atoms with Crippen LogP contribution >= 0.6 is 15.9 Å². The number of benzene rings is 1. The van der Waals surface area contributed by atoms with E-state index in [1.54, 1.807) is 7.05 Å². The lowest BCUT2D eigenvalue weighted by atomic mass is 10.2. The van der Waals surface area contributed by atoms with Crippen LogP contribution in [0.2, 0.25) is 0 Å². The summed E-state index contributed by atoms with van der Waals surface area (Å²) < 4.78 is 28.0. The Kier molecular flexibility index (Phi) is 5.34. The highest BCUT2D eigenvalue weighted by Gasteiger charge is 2.11. The average molecular weight is 308 g/mol. The predicted octanol–water partition coefficient (Wildman–Crippen LogP) is 2.75. The van der Waals surface area contributed by atoms with Crippen molar-refractivity contribution in [3.8, 4) is 5.75 Å². The second-order valence-electron chi connectivity index (χ2n) is 3.32. The van der Waals surface area contributed by atoms with Crippen LogP contribution in [0.5, 0.6) is 5.75 Å². The quantitative estimate of drug-likeness (QED) is 0.783. The largest absolute Gasteiger partial charge is 0.435 e. The van der Waals surface area contributed by atoms with Crippen LogP contribution in [0.1, 0.15) is 10.4 Å². The van der Waals surface area contributed by atoms with Crippen molar-refractivity contribution in [2.45, 2.75) is 6.61 Å². The third-order valence-corrected chi connectivity index (χ3v) is 2.45. The number of rotatable bonds is 5. The molecule has 1 aromatic carbocycles. The summed E-state index contributed by atoms with van der Waals surface area (Å²) in [5.41, 5.74) is 0.440. The van der Waals surface area contributed by atoms with Crippen LogP contribution in [0, 0.1) is 0 Å². The third-order valence-electron chi connectivity index (χ3n) is 2.09. The van der Waals surface area contributed by atoms with E-state index < -0.39 is 6.61 Å². The number of halogens is 3. The van der Waals surface area contributed by atoms with Crippen LogP contribution in [0.4, 0.5) is 8.78 Å². The molecule has 1 aromatic rings. The zero-order valence-corrected chi connectivity index (χ0v) is 10.8. The molecule has 17 heavy (non-hydrogen) atoms. The fourth-order valence-electron chi connectivity index (χ4n) is 1.23. The van der Waals surface area contributed by atoms with Crippen LogP contribution in [0.15, 0.2) is 24.3 Å². The van der Waals surface area contributed by atoms with Crippen LogP contribution in [-0.4, -0.2) is 36.3 Å². The molecule has 0 spiro atoms. The van der Waals surface area contributed by atoms with Crippen molar-refractivity contribution in [1.82, 2.24) is 4.90 Å². The highest BCUT2D eigenvalue weighted by atomic mass is 79.9. The zero-order chi connectivity index (χ0) is 12.8. The van der Waals surface area contributed by atoms with E-state index in [0.29, 0.717) is 17.4 Å². The molecule has 0 unspecified atom stereocenters. The fraction of sp³-hybridized carbons (Fsp3) is 0.364. The van der Waals surface area contributed by atoms with E-state index in [9.17, 15) is 13.6 Å². The molecule has 0 saturated heterocycles.